The molecule has 1 aromatic heterocycles. The Morgan fingerprint density at radius 1 is 0.973 bits per heavy atom. The third-order valence-electron chi connectivity index (χ3n) is 6.83. The number of nitrogens with one attached hydrogen (secondary N) is 1. The van der Waals surface area contributed by atoms with Crippen molar-refractivity contribution in [3.63, 3.8) is 0 Å². The Bertz CT molecular complexity index is 1270. The minimum atomic E-state index is -1.17. The van der Waals surface area contributed by atoms with Crippen LogP contribution in [0.4, 0.5) is 0 Å². The van der Waals surface area contributed by atoms with Crippen LogP contribution in [0.3, 0.4) is 0 Å². The first-order valence-electron chi connectivity index (χ1n) is 12.6. The molecule has 0 atom stereocenters. The van der Waals surface area contributed by atoms with E-state index in [1.54, 1.807) is 4.90 Å². The number of piperidine rings is 1. The lowest BCUT2D eigenvalue weighted by atomic mass is 9.90. The van der Waals surface area contributed by atoms with Gasteiger partial charge in [-0.2, -0.15) is 0 Å². The molecule has 0 unspecified atom stereocenters. The van der Waals surface area contributed by atoms with Gasteiger partial charge in [0.1, 0.15) is 0 Å². The number of hydrogen-bond donors (Lipinski definition) is 3. The van der Waals surface area contributed by atoms with Gasteiger partial charge in [-0.15, -0.1) is 0 Å². The molecule has 2 heterocycles. The number of benzene rings is 2. The molecular weight excluding hydrogens is 470 g/mol. The van der Waals surface area contributed by atoms with Crippen LogP contribution in [-0.4, -0.2) is 63.3 Å². The minimum absolute atomic E-state index is 0.0211. The summed E-state index contributed by atoms with van der Waals surface area (Å²) in [6, 6.07) is 20.4. The number of likely N-dealkylation sites (tertiary alicyclic amines) is 1. The fourth-order valence-electron chi connectivity index (χ4n) is 4.70. The van der Waals surface area contributed by atoms with E-state index >= 15 is 0 Å². The summed E-state index contributed by atoms with van der Waals surface area (Å²) in [5.74, 6) is -0.356. The van der Waals surface area contributed by atoms with Gasteiger partial charge in [0.25, 0.3) is 11.5 Å². The highest BCUT2D eigenvalue weighted by Gasteiger charge is 2.34. The van der Waals surface area contributed by atoms with Crippen LogP contribution in [0.1, 0.15) is 35.2 Å². The SMILES string of the molecule is O=C(NCCO)c1cn(CC2(O)CCN(C(=O)CCc3ccccc3)CC2)c(=O)cc1-c1ccccc1. The summed E-state index contributed by atoms with van der Waals surface area (Å²) >= 11 is 0. The average molecular weight is 504 g/mol. The van der Waals surface area contributed by atoms with E-state index in [-0.39, 0.29) is 36.7 Å². The highest BCUT2D eigenvalue weighted by molar-refractivity contribution is 6.00. The monoisotopic (exact) mass is 503 g/mol. The fraction of sp³-hybridized carbons (Fsp3) is 0.345. The molecule has 2 aromatic carbocycles. The molecule has 0 bridgehead atoms. The number of aliphatic hydroxyl groups is 2. The van der Waals surface area contributed by atoms with Crippen molar-refractivity contribution in [2.45, 2.75) is 37.8 Å². The summed E-state index contributed by atoms with van der Waals surface area (Å²) in [6.45, 7) is 0.722. The van der Waals surface area contributed by atoms with Crippen molar-refractivity contribution in [1.82, 2.24) is 14.8 Å². The van der Waals surface area contributed by atoms with Gasteiger partial charge in [-0.25, -0.2) is 0 Å². The zero-order chi connectivity index (χ0) is 26.3. The number of rotatable bonds is 9. The summed E-state index contributed by atoms with van der Waals surface area (Å²) < 4.78 is 1.37. The van der Waals surface area contributed by atoms with E-state index in [0.29, 0.717) is 44.3 Å². The Kier molecular flexibility index (Phi) is 8.53. The van der Waals surface area contributed by atoms with Crippen molar-refractivity contribution < 1.29 is 19.8 Å². The van der Waals surface area contributed by atoms with Crippen LogP contribution in [0.2, 0.25) is 0 Å². The first-order chi connectivity index (χ1) is 17.9. The Balaban J connectivity index is 1.46. The number of hydrogen-bond acceptors (Lipinski definition) is 5. The first-order valence-corrected chi connectivity index (χ1v) is 12.6. The number of amides is 2. The normalized spacial score (nSPS) is 14.8. The van der Waals surface area contributed by atoms with E-state index in [1.807, 2.05) is 60.7 Å². The van der Waals surface area contributed by atoms with Crippen LogP contribution in [-0.2, 0) is 17.8 Å². The summed E-state index contributed by atoms with van der Waals surface area (Å²) in [6.07, 6.45) is 3.23. The van der Waals surface area contributed by atoms with Crippen LogP contribution in [0, 0.1) is 0 Å². The number of aliphatic hydroxyl groups excluding tert-OH is 1. The summed E-state index contributed by atoms with van der Waals surface area (Å²) in [5, 5.41) is 23.1. The summed E-state index contributed by atoms with van der Waals surface area (Å²) in [7, 11) is 0. The lowest BCUT2D eigenvalue weighted by Gasteiger charge is -2.38. The van der Waals surface area contributed by atoms with Crippen LogP contribution in [0.5, 0.6) is 0 Å². The van der Waals surface area contributed by atoms with Gasteiger partial charge >= 0.3 is 0 Å². The number of pyridine rings is 1. The topological polar surface area (TPSA) is 112 Å². The van der Waals surface area contributed by atoms with Gasteiger partial charge in [-0.3, -0.25) is 14.4 Å². The van der Waals surface area contributed by atoms with Gasteiger partial charge in [0.05, 0.1) is 24.3 Å². The van der Waals surface area contributed by atoms with E-state index in [4.69, 9.17) is 5.11 Å². The second-order valence-electron chi connectivity index (χ2n) is 9.50. The quantitative estimate of drug-likeness (QED) is 0.415. The van der Waals surface area contributed by atoms with Gasteiger partial charge in [-0.05, 0) is 30.4 Å². The molecule has 0 saturated carbocycles. The van der Waals surface area contributed by atoms with E-state index < -0.39 is 11.5 Å². The van der Waals surface area contributed by atoms with Crippen molar-refractivity contribution in [3.8, 4) is 11.1 Å². The van der Waals surface area contributed by atoms with Crippen molar-refractivity contribution in [1.29, 1.82) is 0 Å². The largest absolute Gasteiger partial charge is 0.395 e. The van der Waals surface area contributed by atoms with E-state index in [1.165, 1.54) is 16.8 Å². The molecule has 1 fully saturated rings. The standard InChI is InChI=1S/C29H33N3O5/c33-18-15-30-28(36)25-20-32(27(35)19-24(25)23-9-5-2-6-10-23)21-29(37)13-16-31(17-14-29)26(34)12-11-22-7-3-1-4-8-22/h1-10,19-20,33,37H,11-18,21H2,(H,30,36). The maximum absolute atomic E-state index is 13.0. The molecule has 1 aliphatic rings. The molecule has 37 heavy (non-hydrogen) atoms. The maximum atomic E-state index is 13.0. The number of carbonyl (C=O) groups is 2. The highest BCUT2D eigenvalue weighted by atomic mass is 16.3. The molecule has 3 aromatic rings. The van der Waals surface area contributed by atoms with E-state index in [0.717, 1.165) is 11.1 Å². The van der Waals surface area contributed by atoms with Crippen molar-refractivity contribution in [2.24, 2.45) is 0 Å². The van der Waals surface area contributed by atoms with Crippen molar-refractivity contribution in [2.75, 3.05) is 26.2 Å². The molecule has 0 radical (unpaired) electrons. The lowest BCUT2D eigenvalue weighted by Crippen LogP contribution is -2.49. The molecule has 1 aliphatic heterocycles. The average Bonchev–Trinajstić information content (AvgIpc) is 2.92. The summed E-state index contributed by atoms with van der Waals surface area (Å²) in [5.41, 5.74) is 1.11. The first kappa shape index (κ1) is 26.3. The third kappa shape index (κ3) is 6.72. The zero-order valence-electron chi connectivity index (χ0n) is 20.8. The molecule has 0 aliphatic carbocycles. The number of aromatic nitrogens is 1. The van der Waals surface area contributed by atoms with Crippen molar-refractivity contribution >= 4 is 11.8 Å². The Labute approximate surface area is 216 Å². The Morgan fingerprint density at radius 3 is 2.27 bits per heavy atom. The van der Waals surface area contributed by atoms with Gasteiger partial charge in [0.2, 0.25) is 5.91 Å². The fourth-order valence-corrected chi connectivity index (χ4v) is 4.70. The second kappa shape index (κ2) is 12.0. The molecule has 194 valence electrons. The molecule has 8 heteroatoms. The van der Waals surface area contributed by atoms with Crippen LogP contribution in [0.25, 0.3) is 11.1 Å². The number of nitrogens with zero attached hydrogens (tertiary/aromatic N) is 2. The van der Waals surface area contributed by atoms with Gasteiger partial charge < -0.3 is 25.0 Å². The second-order valence-corrected chi connectivity index (χ2v) is 9.50. The Hall–Kier alpha value is -3.75. The number of aryl methyl sites for hydroxylation is 1. The number of carbonyl (C=O) groups excluding carboxylic acids is 2. The van der Waals surface area contributed by atoms with Gasteiger partial charge in [0, 0.05) is 43.9 Å². The van der Waals surface area contributed by atoms with Crippen LogP contribution >= 0.6 is 0 Å². The van der Waals surface area contributed by atoms with Crippen molar-refractivity contribution in [3.05, 3.63) is 94.4 Å². The smallest absolute Gasteiger partial charge is 0.253 e. The molecule has 2 amide bonds. The molecule has 1 saturated heterocycles. The van der Waals surface area contributed by atoms with Gasteiger partial charge in [0.15, 0.2) is 0 Å². The van der Waals surface area contributed by atoms with Crippen LogP contribution in [0.15, 0.2) is 77.7 Å². The highest BCUT2D eigenvalue weighted by Crippen LogP contribution is 2.26. The van der Waals surface area contributed by atoms with E-state index in [2.05, 4.69) is 5.32 Å². The Morgan fingerprint density at radius 2 is 1.62 bits per heavy atom. The molecular formula is C29H33N3O5. The van der Waals surface area contributed by atoms with Gasteiger partial charge in [-0.1, -0.05) is 60.7 Å². The predicted molar refractivity (Wildman–Crippen MR) is 141 cm³/mol. The minimum Gasteiger partial charge on any atom is -0.395 e. The maximum Gasteiger partial charge on any atom is 0.253 e. The summed E-state index contributed by atoms with van der Waals surface area (Å²) in [4.78, 5) is 40.4. The molecule has 8 nitrogen and oxygen atoms in total. The lowest BCUT2D eigenvalue weighted by molar-refractivity contribution is -0.135. The van der Waals surface area contributed by atoms with Crippen LogP contribution < -0.4 is 10.9 Å². The van der Waals surface area contributed by atoms with E-state index in [9.17, 15) is 19.5 Å². The zero-order valence-corrected chi connectivity index (χ0v) is 20.8. The predicted octanol–water partition coefficient (Wildman–Crippen LogP) is 2.22. The third-order valence-corrected chi connectivity index (χ3v) is 6.83. The molecule has 4 rings (SSSR count). The molecule has 3 N–H and O–H groups in total. The molecule has 0 spiro atoms.